The normalized spacial score (nSPS) is 7.71. The topological polar surface area (TPSA) is 0 Å². The minimum absolute atomic E-state index is 0. The minimum atomic E-state index is 0. The summed E-state index contributed by atoms with van der Waals surface area (Å²) >= 11 is 0. The van der Waals surface area contributed by atoms with Crippen molar-refractivity contribution in [3.63, 3.8) is 0 Å². The molecule has 0 saturated carbocycles. The molecule has 0 aromatic rings. The van der Waals surface area contributed by atoms with E-state index in [1.807, 2.05) is 0 Å². The molecule has 0 atom stereocenters. The summed E-state index contributed by atoms with van der Waals surface area (Å²) in [6.45, 7) is 11.7. The molecule has 78 valence electrons. The third kappa shape index (κ3) is 37.8. The molecule has 0 aromatic carbocycles. The molecule has 0 radical (unpaired) electrons. The summed E-state index contributed by atoms with van der Waals surface area (Å²) in [5, 5.41) is 0. The fourth-order valence-electron chi connectivity index (χ4n) is 0.780. The molecule has 0 N–H and O–H groups in total. The van der Waals surface area contributed by atoms with Crippen LogP contribution in [0.25, 0.3) is 0 Å². The molecule has 0 aliphatic heterocycles. The van der Waals surface area contributed by atoms with E-state index in [4.69, 9.17) is 0 Å². The Morgan fingerprint density at radius 3 is 1.43 bits per heavy atom. The molecule has 0 bridgehead atoms. The molecular formula is C12H26Zn2. The van der Waals surface area contributed by atoms with Crippen molar-refractivity contribution < 1.29 is 39.0 Å². The van der Waals surface area contributed by atoms with Crippen LogP contribution in [0.1, 0.15) is 65.2 Å². The molecule has 0 aliphatic carbocycles. The van der Waals surface area contributed by atoms with E-state index in [9.17, 15) is 0 Å². The zero-order valence-electron chi connectivity index (χ0n) is 10.5. The van der Waals surface area contributed by atoms with E-state index in [1.54, 1.807) is 0 Å². The maximum atomic E-state index is 3.78. The quantitative estimate of drug-likeness (QED) is 0.376. The average molecular weight is 301 g/mol. The third-order valence-electron chi connectivity index (χ3n) is 1.71. The van der Waals surface area contributed by atoms with Crippen molar-refractivity contribution >= 4 is 0 Å². The van der Waals surface area contributed by atoms with Crippen LogP contribution >= 0.6 is 0 Å². The Balaban J connectivity index is -0.0000000733. The fraction of sp³-hybridized carbons (Fsp3) is 0.833. The number of hydrogen-bond acceptors (Lipinski definition) is 0. The smallest absolute Gasteiger partial charge is 0.343 e. The van der Waals surface area contributed by atoms with Crippen molar-refractivity contribution in [3.8, 4) is 0 Å². The van der Waals surface area contributed by atoms with Gasteiger partial charge in [-0.25, -0.2) is 0 Å². The van der Waals surface area contributed by atoms with Gasteiger partial charge < -0.3 is 13.8 Å². The van der Waals surface area contributed by atoms with Gasteiger partial charge in [0.15, 0.2) is 0 Å². The van der Waals surface area contributed by atoms with Crippen LogP contribution in [0.5, 0.6) is 0 Å². The molecule has 0 unspecified atom stereocenters. The van der Waals surface area contributed by atoms with Crippen LogP contribution in [-0.2, 0) is 39.0 Å². The third-order valence-corrected chi connectivity index (χ3v) is 1.71. The Hall–Kier alpha value is 1.25. The van der Waals surface area contributed by atoms with Gasteiger partial charge in [-0.1, -0.05) is 52.4 Å². The molecule has 0 aliphatic rings. The summed E-state index contributed by atoms with van der Waals surface area (Å²) in [5.74, 6) is 0. The van der Waals surface area contributed by atoms with Crippen molar-refractivity contribution in [2.24, 2.45) is 0 Å². The van der Waals surface area contributed by atoms with E-state index >= 15 is 0 Å². The zero-order valence-corrected chi connectivity index (χ0v) is 16.4. The Bertz CT molecular complexity index is 48.3. The van der Waals surface area contributed by atoms with Crippen LogP contribution in [0.15, 0.2) is 0 Å². The molecule has 0 rings (SSSR count). The molecule has 0 nitrogen and oxygen atoms in total. The summed E-state index contributed by atoms with van der Waals surface area (Å²) in [6.07, 6.45) is 10.3. The van der Waals surface area contributed by atoms with Gasteiger partial charge >= 0.3 is 19.5 Å². The van der Waals surface area contributed by atoms with E-state index in [2.05, 4.69) is 27.7 Å². The molecule has 14 heavy (non-hydrogen) atoms. The monoisotopic (exact) mass is 298 g/mol. The molecular weight excluding hydrogens is 275 g/mol. The van der Waals surface area contributed by atoms with E-state index in [0.717, 1.165) is 12.8 Å². The second-order valence-corrected chi connectivity index (χ2v) is 3.12. The average Bonchev–Trinajstić information content (AvgIpc) is 2.13. The fourth-order valence-corrected chi connectivity index (χ4v) is 0.780. The van der Waals surface area contributed by atoms with Crippen LogP contribution in [0, 0.1) is 13.8 Å². The number of unbranched alkanes of at least 4 members (excludes halogenated alkanes) is 6. The van der Waals surface area contributed by atoms with Crippen LogP contribution in [-0.4, -0.2) is 0 Å². The van der Waals surface area contributed by atoms with Crippen molar-refractivity contribution in [1.82, 2.24) is 0 Å². The Labute approximate surface area is 118 Å². The predicted molar refractivity (Wildman–Crippen MR) is 59.0 cm³/mol. The van der Waals surface area contributed by atoms with E-state index < -0.39 is 0 Å². The first kappa shape index (κ1) is 24.5. The molecule has 2 heteroatoms. The summed E-state index contributed by atoms with van der Waals surface area (Å²) in [7, 11) is 0. The van der Waals surface area contributed by atoms with Gasteiger partial charge in [-0.15, -0.1) is 0 Å². The number of hydrogen-bond donors (Lipinski definition) is 0. The van der Waals surface area contributed by atoms with Crippen LogP contribution in [0.4, 0.5) is 0 Å². The molecule has 0 spiro atoms. The van der Waals surface area contributed by atoms with Crippen LogP contribution in [0.3, 0.4) is 0 Å². The van der Waals surface area contributed by atoms with Gasteiger partial charge in [0.1, 0.15) is 0 Å². The Morgan fingerprint density at radius 2 is 1.14 bits per heavy atom. The summed E-state index contributed by atoms with van der Waals surface area (Å²) in [4.78, 5) is 0. The molecule has 0 aromatic heterocycles. The van der Waals surface area contributed by atoms with Crippen molar-refractivity contribution in [2.45, 2.75) is 65.2 Å². The van der Waals surface area contributed by atoms with Crippen molar-refractivity contribution in [3.05, 3.63) is 13.8 Å². The minimum Gasteiger partial charge on any atom is -0.343 e. The second-order valence-electron chi connectivity index (χ2n) is 3.12. The van der Waals surface area contributed by atoms with Gasteiger partial charge in [0.2, 0.25) is 0 Å². The summed E-state index contributed by atoms with van der Waals surface area (Å²) in [6, 6.07) is 0. The van der Waals surface area contributed by atoms with Crippen LogP contribution in [0.2, 0.25) is 0 Å². The SMILES string of the molecule is [CH2-]CCC.[CH2-]CCCCCCC.[Zn+2].[Zn]. The standard InChI is InChI=1S/C8H17.C4H9.2Zn/c1-3-5-7-8-6-4-2;1-3-4-2;;/h1,3-8H2,2H3;1,3-4H2,2H3;;/q2*-1;;+2. The molecule has 0 saturated heterocycles. The van der Waals surface area contributed by atoms with E-state index in [-0.39, 0.29) is 39.0 Å². The first-order chi connectivity index (χ1) is 5.83. The first-order valence-corrected chi connectivity index (χ1v) is 5.41. The van der Waals surface area contributed by atoms with Gasteiger partial charge in [-0.05, 0) is 0 Å². The largest absolute Gasteiger partial charge is 2.00 e. The van der Waals surface area contributed by atoms with Gasteiger partial charge in [-0.3, -0.25) is 0 Å². The number of rotatable bonds is 6. The van der Waals surface area contributed by atoms with Gasteiger partial charge in [-0.2, -0.15) is 12.8 Å². The van der Waals surface area contributed by atoms with Crippen molar-refractivity contribution in [2.75, 3.05) is 0 Å². The Kier molecular flexibility index (Phi) is 51.1. The molecule has 0 amide bonds. The Morgan fingerprint density at radius 1 is 0.714 bits per heavy atom. The van der Waals surface area contributed by atoms with Gasteiger partial charge in [0, 0.05) is 19.5 Å². The maximum absolute atomic E-state index is 3.78. The van der Waals surface area contributed by atoms with Gasteiger partial charge in [0.05, 0.1) is 0 Å². The van der Waals surface area contributed by atoms with E-state index in [0.29, 0.717) is 0 Å². The van der Waals surface area contributed by atoms with Crippen molar-refractivity contribution in [1.29, 1.82) is 0 Å². The summed E-state index contributed by atoms with van der Waals surface area (Å²) < 4.78 is 0. The van der Waals surface area contributed by atoms with Crippen LogP contribution < -0.4 is 0 Å². The molecule has 0 heterocycles. The summed E-state index contributed by atoms with van der Waals surface area (Å²) in [5.41, 5.74) is 0. The van der Waals surface area contributed by atoms with Gasteiger partial charge in [0.25, 0.3) is 0 Å². The maximum Gasteiger partial charge on any atom is 2.00 e. The molecule has 0 fully saturated rings. The van der Waals surface area contributed by atoms with E-state index in [1.165, 1.54) is 38.5 Å². The predicted octanol–water partition coefficient (Wildman–Crippen LogP) is 4.80. The zero-order chi connectivity index (χ0) is 9.66. The second kappa shape index (κ2) is 29.2. The first-order valence-electron chi connectivity index (χ1n) is 5.41.